The predicted molar refractivity (Wildman–Crippen MR) is 93.2 cm³/mol. The summed E-state index contributed by atoms with van der Waals surface area (Å²) in [6, 6.07) is 12.4. The van der Waals surface area contributed by atoms with Gasteiger partial charge in [0.1, 0.15) is 5.52 Å². The molecule has 0 aliphatic rings. The predicted octanol–water partition coefficient (Wildman–Crippen LogP) is 2.78. The van der Waals surface area contributed by atoms with Gasteiger partial charge in [-0.15, -0.1) is 5.10 Å². The fraction of sp³-hybridized carbons (Fsp3) is 0.176. The molecule has 2 aromatic carbocycles. The van der Waals surface area contributed by atoms with Gasteiger partial charge < -0.3 is 5.32 Å². The number of rotatable bonds is 4. The average molecular weight is 343 g/mol. The van der Waals surface area contributed by atoms with Crippen molar-refractivity contribution in [1.29, 1.82) is 0 Å². The molecule has 0 aliphatic heterocycles. The standard InChI is InChI=1S/C17H15ClN4O2/c1-11-6-7-15(13(18)10-11)19-16(23)8-9-22-17(24)12-4-2-3-5-14(12)20-21-22/h2-7,10H,8-9H2,1H3,(H,19,23). The number of hydrogen-bond donors (Lipinski definition) is 1. The van der Waals surface area contributed by atoms with Crippen LogP contribution in [-0.4, -0.2) is 20.9 Å². The summed E-state index contributed by atoms with van der Waals surface area (Å²) in [5.41, 5.74) is 1.83. The highest BCUT2D eigenvalue weighted by Crippen LogP contribution is 2.22. The Labute approximate surface area is 143 Å². The zero-order valence-corrected chi connectivity index (χ0v) is 13.7. The molecule has 0 fully saturated rings. The van der Waals surface area contributed by atoms with Crippen molar-refractivity contribution in [1.82, 2.24) is 15.0 Å². The van der Waals surface area contributed by atoms with Crippen molar-refractivity contribution in [3.8, 4) is 0 Å². The van der Waals surface area contributed by atoms with Crippen LogP contribution in [0.2, 0.25) is 5.02 Å². The lowest BCUT2D eigenvalue weighted by Gasteiger charge is -2.08. The summed E-state index contributed by atoms with van der Waals surface area (Å²) in [7, 11) is 0. The van der Waals surface area contributed by atoms with Crippen molar-refractivity contribution < 1.29 is 4.79 Å². The second-order valence-electron chi connectivity index (χ2n) is 5.42. The van der Waals surface area contributed by atoms with Crippen molar-refractivity contribution in [2.75, 3.05) is 5.32 Å². The molecule has 7 heteroatoms. The molecule has 24 heavy (non-hydrogen) atoms. The Morgan fingerprint density at radius 1 is 1.25 bits per heavy atom. The van der Waals surface area contributed by atoms with Crippen LogP contribution in [0.4, 0.5) is 5.69 Å². The molecule has 3 rings (SSSR count). The molecule has 0 saturated heterocycles. The van der Waals surface area contributed by atoms with Crippen LogP contribution < -0.4 is 10.9 Å². The van der Waals surface area contributed by atoms with E-state index in [1.54, 1.807) is 36.4 Å². The minimum Gasteiger partial charge on any atom is -0.325 e. The number of aromatic nitrogens is 3. The van der Waals surface area contributed by atoms with E-state index in [2.05, 4.69) is 15.6 Å². The Hall–Kier alpha value is -2.73. The quantitative estimate of drug-likeness (QED) is 0.791. The van der Waals surface area contributed by atoms with Gasteiger partial charge in [0.15, 0.2) is 0 Å². The third-order valence-corrected chi connectivity index (χ3v) is 3.89. The Balaban J connectivity index is 1.70. The van der Waals surface area contributed by atoms with Crippen molar-refractivity contribution in [2.24, 2.45) is 0 Å². The first-order valence-corrected chi connectivity index (χ1v) is 7.81. The summed E-state index contributed by atoms with van der Waals surface area (Å²) in [4.78, 5) is 24.4. The zero-order chi connectivity index (χ0) is 17.1. The number of aryl methyl sites for hydroxylation is 2. The summed E-state index contributed by atoms with van der Waals surface area (Å²) in [5, 5.41) is 11.5. The van der Waals surface area contributed by atoms with E-state index in [-0.39, 0.29) is 24.4 Å². The van der Waals surface area contributed by atoms with Gasteiger partial charge in [0.2, 0.25) is 5.91 Å². The molecule has 0 aliphatic carbocycles. The van der Waals surface area contributed by atoms with E-state index in [4.69, 9.17) is 11.6 Å². The maximum Gasteiger partial charge on any atom is 0.277 e. The molecule has 0 atom stereocenters. The molecule has 0 saturated carbocycles. The largest absolute Gasteiger partial charge is 0.325 e. The number of hydrogen-bond acceptors (Lipinski definition) is 4. The van der Waals surface area contributed by atoms with E-state index in [9.17, 15) is 9.59 Å². The number of carbonyl (C=O) groups excluding carboxylic acids is 1. The number of nitrogens with zero attached hydrogens (tertiary/aromatic N) is 3. The van der Waals surface area contributed by atoms with Crippen LogP contribution >= 0.6 is 11.6 Å². The normalized spacial score (nSPS) is 10.8. The smallest absolute Gasteiger partial charge is 0.277 e. The number of benzene rings is 2. The number of amides is 1. The molecule has 0 spiro atoms. The van der Waals surface area contributed by atoms with E-state index in [1.807, 2.05) is 13.0 Å². The summed E-state index contributed by atoms with van der Waals surface area (Å²) in [6.07, 6.45) is 0.0944. The Kier molecular flexibility index (Phi) is 4.57. The lowest BCUT2D eigenvalue weighted by atomic mass is 10.2. The van der Waals surface area contributed by atoms with Gasteiger partial charge in [0.25, 0.3) is 5.56 Å². The number of fused-ring (bicyclic) bond motifs is 1. The molecule has 1 aromatic heterocycles. The molecule has 122 valence electrons. The van der Waals surface area contributed by atoms with Crippen LogP contribution in [0.3, 0.4) is 0 Å². The minimum atomic E-state index is -0.262. The third kappa shape index (κ3) is 3.44. The monoisotopic (exact) mass is 342 g/mol. The van der Waals surface area contributed by atoms with Gasteiger partial charge in [-0.1, -0.05) is 35.0 Å². The van der Waals surface area contributed by atoms with Gasteiger partial charge in [-0.25, -0.2) is 4.68 Å². The number of halogens is 1. The molecular weight excluding hydrogens is 328 g/mol. The maximum absolute atomic E-state index is 12.3. The third-order valence-electron chi connectivity index (χ3n) is 3.58. The summed E-state index contributed by atoms with van der Waals surface area (Å²) in [5.74, 6) is -0.248. The van der Waals surface area contributed by atoms with Crippen LogP contribution in [0.25, 0.3) is 10.9 Å². The Bertz CT molecular complexity index is 968. The van der Waals surface area contributed by atoms with E-state index >= 15 is 0 Å². The molecule has 0 radical (unpaired) electrons. The molecule has 3 aromatic rings. The maximum atomic E-state index is 12.3. The van der Waals surface area contributed by atoms with E-state index in [0.29, 0.717) is 21.6 Å². The number of carbonyl (C=O) groups is 1. The molecule has 1 amide bonds. The van der Waals surface area contributed by atoms with E-state index in [0.717, 1.165) is 5.56 Å². The van der Waals surface area contributed by atoms with Gasteiger partial charge in [-0.2, -0.15) is 0 Å². The van der Waals surface area contributed by atoms with E-state index in [1.165, 1.54) is 4.68 Å². The highest BCUT2D eigenvalue weighted by molar-refractivity contribution is 6.33. The molecule has 1 N–H and O–H groups in total. The van der Waals surface area contributed by atoms with Gasteiger partial charge in [0, 0.05) is 6.42 Å². The molecule has 6 nitrogen and oxygen atoms in total. The van der Waals surface area contributed by atoms with Crippen LogP contribution in [0.15, 0.2) is 47.3 Å². The summed E-state index contributed by atoms with van der Waals surface area (Å²) in [6.45, 7) is 2.06. The van der Waals surface area contributed by atoms with Crippen LogP contribution in [-0.2, 0) is 11.3 Å². The summed E-state index contributed by atoms with van der Waals surface area (Å²) >= 11 is 6.09. The lowest BCUT2D eigenvalue weighted by molar-refractivity contribution is -0.116. The fourth-order valence-corrected chi connectivity index (χ4v) is 2.59. The second kappa shape index (κ2) is 6.80. The highest BCUT2D eigenvalue weighted by atomic mass is 35.5. The lowest BCUT2D eigenvalue weighted by Crippen LogP contribution is -2.26. The molecule has 0 bridgehead atoms. The first-order valence-electron chi connectivity index (χ1n) is 7.43. The van der Waals surface area contributed by atoms with Crippen molar-refractivity contribution >= 4 is 34.1 Å². The van der Waals surface area contributed by atoms with Gasteiger partial charge >= 0.3 is 0 Å². The van der Waals surface area contributed by atoms with Crippen molar-refractivity contribution in [3.63, 3.8) is 0 Å². The number of nitrogens with one attached hydrogen (secondary N) is 1. The number of anilines is 1. The Morgan fingerprint density at radius 3 is 2.83 bits per heavy atom. The zero-order valence-electron chi connectivity index (χ0n) is 13.0. The fourth-order valence-electron chi connectivity index (χ4n) is 2.31. The van der Waals surface area contributed by atoms with Crippen LogP contribution in [0, 0.1) is 6.92 Å². The van der Waals surface area contributed by atoms with Crippen molar-refractivity contribution in [3.05, 3.63) is 63.4 Å². The average Bonchev–Trinajstić information content (AvgIpc) is 2.57. The van der Waals surface area contributed by atoms with Gasteiger partial charge in [-0.05, 0) is 36.8 Å². The van der Waals surface area contributed by atoms with Crippen molar-refractivity contribution in [2.45, 2.75) is 19.9 Å². The SMILES string of the molecule is Cc1ccc(NC(=O)CCn2nnc3ccccc3c2=O)c(Cl)c1. The highest BCUT2D eigenvalue weighted by Gasteiger charge is 2.09. The van der Waals surface area contributed by atoms with Gasteiger partial charge in [0.05, 0.1) is 22.6 Å². The minimum absolute atomic E-state index is 0.0944. The first-order chi connectivity index (χ1) is 11.5. The van der Waals surface area contributed by atoms with Gasteiger partial charge in [-0.3, -0.25) is 9.59 Å². The second-order valence-corrected chi connectivity index (χ2v) is 5.82. The first kappa shape index (κ1) is 16.1. The van der Waals surface area contributed by atoms with Crippen LogP contribution in [0.1, 0.15) is 12.0 Å². The summed E-state index contributed by atoms with van der Waals surface area (Å²) < 4.78 is 1.19. The Morgan fingerprint density at radius 2 is 2.04 bits per heavy atom. The van der Waals surface area contributed by atoms with Crippen LogP contribution in [0.5, 0.6) is 0 Å². The topological polar surface area (TPSA) is 76.9 Å². The molecule has 0 unspecified atom stereocenters. The molecule has 1 heterocycles. The molecular formula is C17H15ClN4O2. The van der Waals surface area contributed by atoms with E-state index < -0.39 is 0 Å².